The Kier molecular flexibility index (Phi) is 4.92. The van der Waals surface area contributed by atoms with Crippen molar-refractivity contribution in [1.29, 1.82) is 0 Å². The summed E-state index contributed by atoms with van der Waals surface area (Å²) >= 11 is 12.2. The molecule has 0 aliphatic carbocycles. The molecular formula is C16H17Cl2NO. The average molecular weight is 310 g/mol. The van der Waals surface area contributed by atoms with Crippen LogP contribution >= 0.6 is 23.2 Å². The summed E-state index contributed by atoms with van der Waals surface area (Å²) in [6.07, 6.45) is -0.228. The van der Waals surface area contributed by atoms with Gasteiger partial charge in [-0.15, -0.1) is 0 Å². The zero-order chi connectivity index (χ0) is 14.7. The molecule has 0 radical (unpaired) electrons. The third-order valence-corrected chi connectivity index (χ3v) is 3.95. The highest BCUT2D eigenvalue weighted by atomic mass is 35.5. The fourth-order valence-electron chi connectivity index (χ4n) is 2.10. The molecule has 1 unspecified atom stereocenters. The van der Waals surface area contributed by atoms with Crippen LogP contribution in [0.4, 0.5) is 0 Å². The maximum Gasteiger partial charge on any atom is 0.136 e. The minimum absolute atomic E-state index is 0.228. The molecule has 106 valence electrons. The van der Waals surface area contributed by atoms with Crippen LogP contribution in [0.1, 0.15) is 22.8 Å². The number of rotatable bonds is 4. The quantitative estimate of drug-likeness (QED) is 0.889. The number of aryl methyl sites for hydroxylation is 2. The molecule has 0 saturated heterocycles. The van der Waals surface area contributed by atoms with Gasteiger partial charge in [-0.25, -0.2) is 0 Å². The van der Waals surface area contributed by atoms with Crippen LogP contribution in [0.3, 0.4) is 0 Å². The van der Waals surface area contributed by atoms with Gasteiger partial charge >= 0.3 is 0 Å². The summed E-state index contributed by atoms with van der Waals surface area (Å²) in [5.41, 5.74) is 8.76. The lowest BCUT2D eigenvalue weighted by Crippen LogP contribution is -2.18. The Labute approximate surface area is 129 Å². The van der Waals surface area contributed by atoms with E-state index >= 15 is 0 Å². The van der Waals surface area contributed by atoms with Crippen LogP contribution in [0, 0.1) is 13.8 Å². The first-order valence-corrected chi connectivity index (χ1v) is 7.15. The second-order valence-corrected chi connectivity index (χ2v) is 5.58. The first-order chi connectivity index (χ1) is 9.51. The molecule has 0 aromatic heterocycles. The fourth-order valence-corrected chi connectivity index (χ4v) is 2.41. The smallest absolute Gasteiger partial charge is 0.136 e. The van der Waals surface area contributed by atoms with Crippen LogP contribution in [0.25, 0.3) is 0 Å². The first-order valence-electron chi connectivity index (χ1n) is 6.40. The molecule has 2 aromatic rings. The summed E-state index contributed by atoms with van der Waals surface area (Å²) in [4.78, 5) is 0. The Bertz CT molecular complexity index is 590. The number of ether oxygens (including phenoxy) is 1. The number of hydrogen-bond acceptors (Lipinski definition) is 2. The summed E-state index contributed by atoms with van der Waals surface area (Å²) < 4.78 is 5.98. The van der Waals surface area contributed by atoms with Gasteiger partial charge in [0.2, 0.25) is 0 Å². The Hall–Kier alpha value is -1.22. The number of nitrogens with two attached hydrogens (primary N) is 1. The highest BCUT2D eigenvalue weighted by Gasteiger charge is 2.13. The molecule has 0 spiro atoms. The van der Waals surface area contributed by atoms with Crippen molar-refractivity contribution >= 4 is 23.2 Å². The zero-order valence-electron chi connectivity index (χ0n) is 11.5. The topological polar surface area (TPSA) is 35.2 Å². The maximum absolute atomic E-state index is 6.16. The third kappa shape index (κ3) is 3.45. The lowest BCUT2D eigenvalue weighted by atomic mass is 10.1. The molecule has 0 bridgehead atoms. The van der Waals surface area contributed by atoms with Gasteiger partial charge in [-0.2, -0.15) is 0 Å². The van der Waals surface area contributed by atoms with E-state index in [0.717, 1.165) is 27.5 Å². The number of benzene rings is 2. The molecule has 20 heavy (non-hydrogen) atoms. The van der Waals surface area contributed by atoms with Gasteiger partial charge in [0, 0.05) is 16.6 Å². The van der Waals surface area contributed by atoms with E-state index < -0.39 is 0 Å². The Morgan fingerprint density at radius 3 is 2.30 bits per heavy atom. The van der Waals surface area contributed by atoms with Gasteiger partial charge in [0.1, 0.15) is 11.9 Å². The minimum Gasteiger partial charge on any atom is -0.484 e. The normalized spacial score (nSPS) is 12.2. The number of hydrogen-bond donors (Lipinski definition) is 1. The Morgan fingerprint density at radius 1 is 1.10 bits per heavy atom. The first kappa shape index (κ1) is 15.2. The molecule has 2 rings (SSSR count). The number of halogens is 2. The van der Waals surface area contributed by atoms with Gasteiger partial charge in [-0.1, -0.05) is 35.3 Å². The average Bonchev–Trinajstić information content (AvgIpc) is 2.42. The summed E-state index contributed by atoms with van der Waals surface area (Å²) in [7, 11) is 0. The third-order valence-electron chi connectivity index (χ3n) is 3.12. The summed E-state index contributed by atoms with van der Waals surface area (Å²) in [6, 6.07) is 11.4. The largest absolute Gasteiger partial charge is 0.484 e. The predicted molar refractivity (Wildman–Crippen MR) is 84.8 cm³/mol. The van der Waals surface area contributed by atoms with E-state index in [4.69, 9.17) is 33.7 Å². The van der Waals surface area contributed by atoms with Crippen molar-refractivity contribution < 1.29 is 4.74 Å². The highest BCUT2D eigenvalue weighted by Crippen LogP contribution is 2.29. The maximum atomic E-state index is 6.16. The van der Waals surface area contributed by atoms with E-state index in [1.165, 1.54) is 0 Å². The van der Waals surface area contributed by atoms with Crippen LogP contribution in [-0.4, -0.2) is 6.54 Å². The van der Waals surface area contributed by atoms with Crippen molar-refractivity contribution in [2.75, 3.05) is 6.54 Å². The molecule has 4 heteroatoms. The van der Waals surface area contributed by atoms with Crippen LogP contribution < -0.4 is 10.5 Å². The molecule has 0 amide bonds. The summed E-state index contributed by atoms with van der Waals surface area (Å²) in [5, 5.41) is 1.44. The van der Waals surface area contributed by atoms with E-state index in [1.54, 1.807) is 0 Å². The van der Waals surface area contributed by atoms with E-state index in [1.807, 2.05) is 50.2 Å². The molecule has 2 aromatic carbocycles. The molecule has 0 aliphatic heterocycles. The van der Waals surface area contributed by atoms with Crippen molar-refractivity contribution in [3.63, 3.8) is 0 Å². The van der Waals surface area contributed by atoms with Gasteiger partial charge in [-0.05, 0) is 54.8 Å². The standard InChI is InChI=1S/C16H17Cl2NO/c1-10-6-14(7-11(2)16(10)18)20-15(9-19)12-4-3-5-13(17)8-12/h3-8,15H,9,19H2,1-2H3. The molecule has 2 nitrogen and oxygen atoms in total. The summed E-state index contributed by atoms with van der Waals surface area (Å²) in [5.74, 6) is 0.764. The van der Waals surface area contributed by atoms with Gasteiger partial charge in [-0.3, -0.25) is 0 Å². The van der Waals surface area contributed by atoms with Crippen molar-refractivity contribution in [3.05, 3.63) is 63.1 Å². The minimum atomic E-state index is -0.228. The lowest BCUT2D eigenvalue weighted by molar-refractivity contribution is 0.214. The fraction of sp³-hybridized carbons (Fsp3) is 0.250. The molecule has 0 fully saturated rings. The van der Waals surface area contributed by atoms with Crippen molar-refractivity contribution in [3.8, 4) is 5.75 Å². The molecule has 0 heterocycles. The van der Waals surface area contributed by atoms with Crippen molar-refractivity contribution in [1.82, 2.24) is 0 Å². The zero-order valence-corrected chi connectivity index (χ0v) is 13.0. The van der Waals surface area contributed by atoms with Crippen LogP contribution in [0.15, 0.2) is 36.4 Å². The van der Waals surface area contributed by atoms with E-state index in [2.05, 4.69) is 0 Å². The van der Waals surface area contributed by atoms with Gasteiger partial charge in [0.05, 0.1) is 0 Å². The molecule has 0 aliphatic rings. The Morgan fingerprint density at radius 2 is 1.75 bits per heavy atom. The SMILES string of the molecule is Cc1cc(OC(CN)c2cccc(Cl)c2)cc(C)c1Cl. The van der Waals surface area contributed by atoms with Crippen molar-refractivity contribution in [2.45, 2.75) is 20.0 Å². The van der Waals surface area contributed by atoms with Gasteiger partial charge < -0.3 is 10.5 Å². The monoisotopic (exact) mass is 309 g/mol. The Balaban J connectivity index is 2.27. The molecular weight excluding hydrogens is 293 g/mol. The van der Waals surface area contributed by atoms with E-state index in [-0.39, 0.29) is 6.10 Å². The molecule has 0 saturated carbocycles. The molecule has 1 atom stereocenters. The van der Waals surface area contributed by atoms with E-state index in [0.29, 0.717) is 11.6 Å². The highest BCUT2D eigenvalue weighted by molar-refractivity contribution is 6.32. The van der Waals surface area contributed by atoms with Crippen molar-refractivity contribution in [2.24, 2.45) is 5.73 Å². The van der Waals surface area contributed by atoms with Gasteiger partial charge in [0.25, 0.3) is 0 Å². The second kappa shape index (κ2) is 6.49. The van der Waals surface area contributed by atoms with E-state index in [9.17, 15) is 0 Å². The lowest BCUT2D eigenvalue weighted by Gasteiger charge is -2.19. The molecule has 2 N–H and O–H groups in total. The van der Waals surface area contributed by atoms with Crippen LogP contribution in [0.2, 0.25) is 10.0 Å². The van der Waals surface area contributed by atoms with Crippen LogP contribution in [0.5, 0.6) is 5.75 Å². The van der Waals surface area contributed by atoms with Gasteiger partial charge in [0.15, 0.2) is 0 Å². The predicted octanol–water partition coefficient (Wildman–Crippen LogP) is 4.69. The van der Waals surface area contributed by atoms with Crippen LogP contribution in [-0.2, 0) is 0 Å². The summed E-state index contributed by atoms with van der Waals surface area (Å²) in [6.45, 7) is 4.29. The second-order valence-electron chi connectivity index (χ2n) is 4.77.